The highest BCUT2D eigenvalue weighted by Gasteiger charge is 2.39. The van der Waals surface area contributed by atoms with Crippen LogP contribution in [0.4, 0.5) is 24.5 Å². The highest BCUT2D eigenvalue weighted by Crippen LogP contribution is 2.33. The van der Waals surface area contributed by atoms with Gasteiger partial charge in [0.05, 0.1) is 12.1 Å². The molecule has 2 fully saturated rings. The van der Waals surface area contributed by atoms with E-state index in [0.717, 1.165) is 47.9 Å². The molecule has 178 valence electrons. The molecular formula is C25H24F3N3O2S. The Balaban J connectivity index is 1.45. The summed E-state index contributed by atoms with van der Waals surface area (Å²) >= 11 is 1.56. The number of benzene rings is 2. The highest BCUT2D eigenvalue weighted by molar-refractivity contribution is 7.17. The van der Waals surface area contributed by atoms with Gasteiger partial charge in [0.25, 0.3) is 0 Å². The van der Waals surface area contributed by atoms with E-state index in [4.69, 9.17) is 0 Å². The average molecular weight is 488 g/mol. The average Bonchev–Trinajstić information content (AvgIpc) is 3.49. The molecule has 1 saturated carbocycles. The van der Waals surface area contributed by atoms with E-state index in [-0.39, 0.29) is 30.9 Å². The number of rotatable bonds is 4. The van der Waals surface area contributed by atoms with Gasteiger partial charge in [-0.15, -0.1) is 11.3 Å². The van der Waals surface area contributed by atoms with Crippen molar-refractivity contribution < 1.29 is 22.8 Å². The van der Waals surface area contributed by atoms with Crippen molar-refractivity contribution >= 4 is 44.6 Å². The molecule has 0 radical (unpaired) electrons. The number of carbonyl (C=O) groups is 2. The molecular weight excluding hydrogens is 463 g/mol. The van der Waals surface area contributed by atoms with Crippen LogP contribution in [0.15, 0.2) is 53.9 Å². The van der Waals surface area contributed by atoms with Crippen molar-refractivity contribution in [2.75, 3.05) is 22.9 Å². The molecule has 34 heavy (non-hydrogen) atoms. The van der Waals surface area contributed by atoms with E-state index in [9.17, 15) is 22.8 Å². The molecule has 5 nitrogen and oxygen atoms in total. The molecule has 0 bridgehead atoms. The van der Waals surface area contributed by atoms with Crippen molar-refractivity contribution in [1.29, 1.82) is 0 Å². The van der Waals surface area contributed by atoms with E-state index < -0.39 is 17.8 Å². The smallest absolute Gasteiger partial charge is 0.360 e. The minimum atomic E-state index is -4.43. The maximum absolute atomic E-state index is 13.4. The Morgan fingerprint density at radius 1 is 1.00 bits per heavy atom. The van der Waals surface area contributed by atoms with Crippen LogP contribution in [0.2, 0.25) is 0 Å². The van der Waals surface area contributed by atoms with Crippen LogP contribution in [-0.4, -0.2) is 37.0 Å². The lowest BCUT2D eigenvalue weighted by Crippen LogP contribution is -2.62. The molecule has 2 aromatic carbocycles. The van der Waals surface area contributed by atoms with Crippen molar-refractivity contribution in [2.45, 2.75) is 43.9 Å². The molecule has 2 amide bonds. The molecule has 1 saturated heterocycles. The zero-order chi connectivity index (χ0) is 23.9. The number of amides is 2. The fourth-order valence-electron chi connectivity index (χ4n) is 4.81. The number of nitrogens with zero attached hydrogens (tertiary/aromatic N) is 2. The molecule has 1 N–H and O–H groups in total. The van der Waals surface area contributed by atoms with E-state index in [1.807, 2.05) is 29.6 Å². The van der Waals surface area contributed by atoms with Gasteiger partial charge in [0.1, 0.15) is 6.04 Å². The summed E-state index contributed by atoms with van der Waals surface area (Å²) in [5, 5.41) is 6.14. The fourth-order valence-corrected chi connectivity index (χ4v) is 5.63. The maximum Gasteiger partial charge on any atom is 0.416 e. The number of fused-ring (bicyclic) bond motifs is 1. The molecule has 1 atom stereocenters. The Bertz CT molecular complexity index is 1200. The minimum absolute atomic E-state index is 0.0267. The number of nitrogens with one attached hydrogen (secondary N) is 1. The monoisotopic (exact) mass is 487 g/mol. The van der Waals surface area contributed by atoms with E-state index in [2.05, 4.69) is 5.32 Å². The first-order valence-electron chi connectivity index (χ1n) is 11.3. The summed E-state index contributed by atoms with van der Waals surface area (Å²) in [6.07, 6.45) is -0.487. The van der Waals surface area contributed by atoms with Gasteiger partial charge in [-0.1, -0.05) is 18.9 Å². The standard InChI is InChI=1S/C25H24F3N3O2S/c26-25(27,28)17-6-9-19(10-7-17)30-14-21(24(33)29-18-3-1-2-4-18)31(23(32)15-30)20-8-5-16-11-12-34-22(16)13-20/h5-13,18,21H,1-4,14-15H2,(H,29,33). The summed E-state index contributed by atoms with van der Waals surface area (Å²) in [6.45, 7) is 0.166. The van der Waals surface area contributed by atoms with Gasteiger partial charge in [0.15, 0.2) is 0 Å². The van der Waals surface area contributed by atoms with Crippen LogP contribution in [0.1, 0.15) is 31.2 Å². The SMILES string of the molecule is O=C(NC1CCCC1)C1CN(c2ccc(C(F)(F)F)cc2)CC(=O)N1c1ccc2ccsc2c1. The van der Waals surface area contributed by atoms with E-state index >= 15 is 0 Å². The van der Waals surface area contributed by atoms with Crippen molar-refractivity contribution in [3.63, 3.8) is 0 Å². The maximum atomic E-state index is 13.4. The fraction of sp³-hybridized carbons (Fsp3) is 0.360. The molecule has 0 spiro atoms. The molecule has 1 unspecified atom stereocenters. The molecule has 9 heteroatoms. The summed E-state index contributed by atoms with van der Waals surface area (Å²) in [5.41, 5.74) is 0.382. The number of thiophene rings is 1. The lowest BCUT2D eigenvalue weighted by atomic mass is 10.1. The lowest BCUT2D eigenvalue weighted by molar-refractivity contribution is -0.137. The van der Waals surface area contributed by atoms with Crippen molar-refractivity contribution in [1.82, 2.24) is 5.32 Å². The van der Waals surface area contributed by atoms with E-state index in [0.29, 0.717) is 11.4 Å². The second-order valence-electron chi connectivity index (χ2n) is 8.84. The van der Waals surface area contributed by atoms with Crippen LogP contribution in [-0.2, 0) is 15.8 Å². The summed E-state index contributed by atoms with van der Waals surface area (Å²) in [5.74, 6) is -0.503. The third-order valence-corrected chi connectivity index (χ3v) is 7.46. The highest BCUT2D eigenvalue weighted by atomic mass is 32.1. The van der Waals surface area contributed by atoms with Gasteiger partial charge in [-0.2, -0.15) is 13.2 Å². The number of piperazine rings is 1. The number of alkyl halides is 3. The zero-order valence-corrected chi connectivity index (χ0v) is 19.2. The zero-order valence-electron chi connectivity index (χ0n) is 18.3. The Hall–Kier alpha value is -3.07. The number of carbonyl (C=O) groups excluding carboxylic acids is 2. The van der Waals surface area contributed by atoms with Gasteiger partial charge in [-0.25, -0.2) is 0 Å². The lowest BCUT2D eigenvalue weighted by Gasteiger charge is -2.41. The predicted octanol–water partition coefficient (Wildman–Crippen LogP) is 5.20. The molecule has 5 rings (SSSR count). The van der Waals surface area contributed by atoms with Crippen molar-refractivity contribution in [3.8, 4) is 0 Å². The summed E-state index contributed by atoms with van der Waals surface area (Å²) in [6, 6.07) is 11.7. The Morgan fingerprint density at radius 2 is 1.71 bits per heavy atom. The second-order valence-corrected chi connectivity index (χ2v) is 9.79. The van der Waals surface area contributed by atoms with Crippen molar-refractivity contribution in [2.24, 2.45) is 0 Å². The number of halogens is 3. The minimum Gasteiger partial charge on any atom is -0.360 e. The normalized spacial score (nSPS) is 19.7. The van der Waals surface area contributed by atoms with Gasteiger partial charge < -0.3 is 10.2 Å². The topological polar surface area (TPSA) is 52.7 Å². The molecule has 2 heterocycles. The largest absolute Gasteiger partial charge is 0.416 e. The van der Waals surface area contributed by atoms with E-state index in [1.54, 1.807) is 21.1 Å². The van der Waals surface area contributed by atoms with E-state index in [1.165, 1.54) is 12.1 Å². The van der Waals surface area contributed by atoms with Crippen LogP contribution in [0.25, 0.3) is 10.1 Å². The Kier molecular flexibility index (Phi) is 5.97. The van der Waals surface area contributed by atoms with Gasteiger partial charge in [-0.05, 0) is 66.1 Å². The molecule has 1 aromatic heterocycles. The molecule has 1 aliphatic carbocycles. The molecule has 3 aromatic rings. The van der Waals surface area contributed by atoms with Crippen LogP contribution in [0, 0.1) is 0 Å². The van der Waals surface area contributed by atoms with Crippen LogP contribution in [0.3, 0.4) is 0 Å². The third-order valence-electron chi connectivity index (χ3n) is 6.58. The Morgan fingerprint density at radius 3 is 2.41 bits per heavy atom. The number of anilines is 2. The van der Waals surface area contributed by atoms with Gasteiger partial charge in [0, 0.05) is 28.7 Å². The second kappa shape index (κ2) is 8.94. The molecule has 1 aliphatic heterocycles. The number of hydrogen-bond acceptors (Lipinski definition) is 4. The van der Waals surface area contributed by atoms with Crippen molar-refractivity contribution in [3.05, 3.63) is 59.5 Å². The summed E-state index contributed by atoms with van der Waals surface area (Å²) in [7, 11) is 0. The Labute approximate surface area is 199 Å². The number of hydrogen-bond donors (Lipinski definition) is 1. The molecule has 2 aliphatic rings. The summed E-state index contributed by atoms with van der Waals surface area (Å²) in [4.78, 5) is 30.0. The summed E-state index contributed by atoms with van der Waals surface area (Å²) < 4.78 is 40.0. The first kappa shape index (κ1) is 22.7. The van der Waals surface area contributed by atoms with Gasteiger partial charge in [-0.3, -0.25) is 14.5 Å². The van der Waals surface area contributed by atoms with Gasteiger partial charge in [0.2, 0.25) is 11.8 Å². The quantitative estimate of drug-likeness (QED) is 0.550. The van der Waals surface area contributed by atoms with Crippen LogP contribution in [0.5, 0.6) is 0 Å². The van der Waals surface area contributed by atoms with Crippen LogP contribution < -0.4 is 15.1 Å². The first-order valence-corrected chi connectivity index (χ1v) is 12.2. The van der Waals surface area contributed by atoms with Crippen LogP contribution >= 0.6 is 11.3 Å². The third kappa shape index (κ3) is 4.49. The first-order chi connectivity index (χ1) is 16.3. The van der Waals surface area contributed by atoms with Gasteiger partial charge >= 0.3 is 6.18 Å². The predicted molar refractivity (Wildman–Crippen MR) is 127 cm³/mol.